The summed E-state index contributed by atoms with van der Waals surface area (Å²) in [5, 5.41) is 2.61. The molecule has 1 aliphatic rings. The number of nitrogens with one attached hydrogen (secondary N) is 1. The van der Waals surface area contributed by atoms with Gasteiger partial charge in [0.25, 0.3) is 5.91 Å². The van der Waals surface area contributed by atoms with Crippen molar-refractivity contribution in [2.45, 2.75) is 39.5 Å². The molecule has 2 amide bonds. The maximum atomic E-state index is 12.6. The molecule has 0 bridgehead atoms. The number of benzene rings is 3. The van der Waals surface area contributed by atoms with E-state index in [-0.39, 0.29) is 30.1 Å². The first kappa shape index (κ1) is 27.6. The van der Waals surface area contributed by atoms with Crippen molar-refractivity contribution in [1.29, 1.82) is 0 Å². The topological polar surface area (TPSA) is 102 Å². The second-order valence-corrected chi connectivity index (χ2v) is 10.6. The van der Waals surface area contributed by atoms with Crippen molar-refractivity contribution in [3.8, 4) is 11.5 Å². The summed E-state index contributed by atoms with van der Waals surface area (Å²) < 4.78 is 11.1. The minimum Gasteiger partial charge on any atom is -0.457 e. The van der Waals surface area contributed by atoms with Crippen LogP contribution in [0.15, 0.2) is 72.8 Å². The highest BCUT2D eigenvalue weighted by atomic mass is 16.5. The molecular formula is C31H32N2O6. The van der Waals surface area contributed by atoms with Crippen molar-refractivity contribution >= 4 is 34.9 Å². The zero-order valence-electron chi connectivity index (χ0n) is 22.5. The largest absolute Gasteiger partial charge is 0.457 e. The van der Waals surface area contributed by atoms with E-state index in [0.717, 1.165) is 0 Å². The molecule has 4 rings (SSSR count). The van der Waals surface area contributed by atoms with Crippen LogP contribution in [0.4, 0.5) is 11.4 Å². The lowest BCUT2D eigenvalue weighted by molar-refractivity contribution is -0.151. The molecule has 3 aromatic carbocycles. The van der Waals surface area contributed by atoms with Crippen molar-refractivity contribution in [2.24, 2.45) is 5.92 Å². The van der Waals surface area contributed by atoms with Crippen molar-refractivity contribution in [3.05, 3.63) is 83.9 Å². The predicted molar refractivity (Wildman–Crippen MR) is 148 cm³/mol. The first-order valence-corrected chi connectivity index (χ1v) is 12.8. The third kappa shape index (κ3) is 7.10. The summed E-state index contributed by atoms with van der Waals surface area (Å²) in [7, 11) is 0. The summed E-state index contributed by atoms with van der Waals surface area (Å²) in [6.07, 6.45) is 0.00530. The molecule has 39 heavy (non-hydrogen) atoms. The standard InChI is InChI=1S/C31H32N2O6/c1-20(34)21-5-9-24(10-6-21)32-28(35)19-38-30(37)22-17-29(36)33(18-22)25-11-15-27(16-12-25)39-26-13-7-23(8-14-26)31(2,3)4/h5-16,22H,17-19H2,1-4H3,(H,32,35)/t22-/m0/s1. The zero-order chi connectivity index (χ0) is 28.2. The number of hydrogen-bond acceptors (Lipinski definition) is 6. The number of amides is 2. The highest BCUT2D eigenvalue weighted by Gasteiger charge is 2.36. The molecule has 0 aromatic heterocycles. The summed E-state index contributed by atoms with van der Waals surface area (Å²) in [6.45, 7) is 7.62. The van der Waals surface area contributed by atoms with Crippen molar-refractivity contribution in [2.75, 3.05) is 23.4 Å². The van der Waals surface area contributed by atoms with Crippen LogP contribution in [0.3, 0.4) is 0 Å². The van der Waals surface area contributed by atoms with Crippen LogP contribution in [-0.2, 0) is 24.5 Å². The molecule has 8 nitrogen and oxygen atoms in total. The van der Waals surface area contributed by atoms with E-state index in [2.05, 4.69) is 26.1 Å². The maximum absolute atomic E-state index is 12.6. The summed E-state index contributed by atoms with van der Waals surface area (Å²) >= 11 is 0. The summed E-state index contributed by atoms with van der Waals surface area (Å²) in [6, 6.07) is 21.5. The molecule has 1 aliphatic heterocycles. The number of anilines is 2. The van der Waals surface area contributed by atoms with E-state index in [1.54, 1.807) is 48.5 Å². The Hall–Kier alpha value is -4.46. The SMILES string of the molecule is CC(=O)c1ccc(NC(=O)COC(=O)[C@H]2CC(=O)N(c3ccc(Oc4ccc(C(C)(C)C)cc4)cc3)C2)cc1. The second kappa shape index (κ2) is 11.5. The Morgan fingerprint density at radius 1 is 0.897 bits per heavy atom. The van der Waals surface area contributed by atoms with Gasteiger partial charge in [0.05, 0.1) is 5.92 Å². The summed E-state index contributed by atoms with van der Waals surface area (Å²) in [5.74, 6) is -0.709. The first-order chi connectivity index (χ1) is 18.5. The van der Waals surface area contributed by atoms with E-state index in [0.29, 0.717) is 28.4 Å². The van der Waals surface area contributed by atoms with Gasteiger partial charge in [-0.25, -0.2) is 0 Å². The fourth-order valence-electron chi connectivity index (χ4n) is 4.21. The lowest BCUT2D eigenvalue weighted by Crippen LogP contribution is -2.28. The Bertz CT molecular complexity index is 1360. The first-order valence-electron chi connectivity index (χ1n) is 12.8. The number of rotatable bonds is 8. The van der Waals surface area contributed by atoms with Gasteiger partial charge in [0.15, 0.2) is 12.4 Å². The van der Waals surface area contributed by atoms with E-state index in [4.69, 9.17) is 9.47 Å². The molecule has 0 spiro atoms. The molecule has 1 heterocycles. The number of carbonyl (C=O) groups excluding carboxylic acids is 4. The van der Waals surface area contributed by atoms with Crippen LogP contribution in [0.2, 0.25) is 0 Å². The predicted octanol–water partition coefficient (Wildman–Crippen LogP) is 5.51. The molecule has 202 valence electrons. The van der Waals surface area contributed by atoms with E-state index >= 15 is 0 Å². The minimum absolute atomic E-state index is 0.00530. The van der Waals surface area contributed by atoms with E-state index < -0.39 is 24.4 Å². The van der Waals surface area contributed by atoms with E-state index in [9.17, 15) is 19.2 Å². The smallest absolute Gasteiger partial charge is 0.311 e. The fourth-order valence-corrected chi connectivity index (χ4v) is 4.21. The number of ether oxygens (including phenoxy) is 2. The van der Waals surface area contributed by atoms with Crippen molar-refractivity contribution in [3.63, 3.8) is 0 Å². The molecule has 1 atom stereocenters. The lowest BCUT2D eigenvalue weighted by Gasteiger charge is -2.19. The van der Waals surface area contributed by atoms with Crippen molar-refractivity contribution in [1.82, 2.24) is 0 Å². The Morgan fingerprint density at radius 2 is 1.49 bits per heavy atom. The number of nitrogens with zero attached hydrogens (tertiary/aromatic N) is 1. The van der Waals surface area contributed by atoms with Gasteiger partial charge in [-0.2, -0.15) is 0 Å². The summed E-state index contributed by atoms with van der Waals surface area (Å²) in [5.41, 5.74) is 2.94. The molecule has 1 saturated heterocycles. The molecular weight excluding hydrogens is 496 g/mol. The van der Waals surface area contributed by atoms with Gasteiger partial charge in [0.2, 0.25) is 5.91 Å². The number of carbonyl (C=O) groups is 4. The second-order valence-electron chi connectivity index (χ2n) is 10.6. The third-order valence-corrected chi connectivity index (χ3v) is 6.48. The molecule has 0 aliphatic carbocycles. The van der Waals surface area contributed by atoms with E-state index in [1.807, 2.05) is 24.3 Å². The number of esters is 1. The molecule has 0 radical (unpaired) electrons. The number of Topliss-reactive ketones (excluding diaryl/α,β-unsaturated/α-hetero) is 1. The van der Waals surface area contributed by atoms with Gasteiger partial charge in [0.1, 0.15) is 11.5 Å². The lowest BCUT2D eigenvalue weighted by atomic mass is 9.87. The Morgan fingerprint density at radius 3 is 2.05 bits per heavy atom. The fraction of sp³-hybridized carbons (Fsp3) is 0.290. The molecule has 1 N–H and O–H groups in total. The maximum Gasteiger partial charge on any atom is 0.311 e. The molecule has 0 unspecified atom stereocenters. The van der Waals surface area contributed by atoms with Gasteiger partial charge >= 0.3 is 5.97 Å². The normalized spacial score (nSPS) is 15.1. The van der Waals surface area contributed by atoms with Crippen LogP contribution in [0, 0.1) is 5.92 Å². The Kier molecular flexibility index (Phi) is 8.14. The van der Waals surface area contributed by atoms with Gasteiger partial charge in [-0.1, -0.05) is 32.9 Å². The quantitative estimate of drug-likeness (QED) is 0.305. The Labute approximate surface area is 227 Å². The Balaban J connectivity index is 1.27. The van der Waals surface area contributed by atoms with Gasteiger partial charge in [-0.3, -0.25) is 19.2 Å². The molecule has 0 saturated carbocycles. The summed E-state index contributed by atoms with van der Waals surface area (Å²) in [4.78, 5) is 50.2. The molecule has 1 fully saturated rings. The van der Waals surface area contributed by atoms with Crippen LogP contribution < -0.4 is 15.0 Å². The van der Waals surface area contributed by atoms with E-state index in [1.165, 1.54) is 17.4 Å². The average Bonchev–Trinajstić information content (AvgIpc) is 3.29. The highest BCUT2D eigenvalue weighted by Crippen LogP contribution is 2.30. The minimum atomic E-state index is -0.669. The third-order valence-electron chi connectivity index (χ3n) is 6.48. The number of ketones is 1. The van der Waals surface area contributed by atoms with Gasteiger partial charge < -0.3 is 19.7 Å². The highest BCUT2D eigenvalue weighted by molar-refractivity contribution is 6.00. The van der Waals surface area contributed by atoms with Crippen LogP contribution >= 0.6 is 0 Å². The van der Waals surface area contributed by atoms with Crippen molar-refractivity contribution < 1.29 is 28.7 Å². The van der Waals surface area contributed by atoms with Crippen LogP contribution in [0.1, 0.15) is 50.0 Å². The van der Waals surface area contributed by atoms with Gasteiger partial charge in [-0.15, -0.1) is 0 Å². The zero-order valence-corrected chi connectivity index (χ0v) is 22.5. The number of hydrogen-bond donors (Lipinski definition) is 1. The average molecular weight is 529 g/mol. The van der Waals surface area contributed by atoms with Gasteiger partial charge in [0, 0.05) is 29.9 Å². The van der Waals surface area contributed by atoms with Crippen LogP contribution in [0.25, 0.3) is 0 Å². The van der Waals surface area contributed by atoms with Gasteiger partial charge in [-0.05, 0) is 78.6 Å². The monoisotopic (exact) mass is 528 g/mol. The molecule has 3 aromatic rings. The van der Waals surface area contributed by atoms with Crippen LogP contribution in [0.5, 0.6) is 11.5 Å². The van der Waals surface area contributed by atoms with Crippen LogP contribution in [-0.4, -0.2) is 36.7 Å². The molecule has 8 heteroatoms.